The molecule has 0 aliphatic carbocycles. The number of ether oxygens (including phenoxy) is 2. The van der Waals surface area contributed by atoms with Crippen LogP contribution in [0.4, 0.5) is 0 Å². The van der Waals surface area contributed by atoms with E-state index in [4.69, 9.17) is 21.1 Å². The third-order valence-electron chi connectivity index (χ3n) is 7.83. The normalized spacial score (nSPS) is 27.4. The van der Waals surface area contributed by atoms with E-state index in [9.17, 15) is 14.4 Å². The van der Waals surface area contributed by atoms with Gasteiger partial charge < -0.3 is 30.7 Å². The number of carbonyl (C=O) groups is 3. The second-order valence-electron chi connectivity index (χ2n) is 11.1. The van der Waals surface area contributed by atoms with Gasteiger partial charge in [0.1, 0.15) is 23.4 Å². The molecule has 4 rings (SSSR count). The molecule has 4 N–H and O–H groups in total. The molecule has 10 heteroatoms. The Kier molecular flexibility index (Phi) is 11.0. The maximum absolute atomic E-state index is 13.9. The Morgan fingerprint density at radius 1 is 1.10 bits per heavy atom. The number of amides is 3. The van der Waals surface area contributed by atoms with Gasteiger partial charge in [-0.2, -0.15) is 0 Å². The number of para-hydroxylation sites is 1. The summed E-state index contributed by atoms with van der Waals surface area (Å²) in [6.45, 7) is 6.96. The van der Waals surface area contributed by atoms with Gasteiger partial charge in [-0.3, -0.25) is 14.4 Å². The van der Waals surface area contributed by atoms with Gasteiger partial charge in [0.25, 0.3) is 0 Å². The van der Waals surface area contributed by atoms with Gasteiger partial charge in [-0.15, -0.1) is 0 Å². The van der Waals surface area contributed by atoms with E-state index in [1.807, 2.05) is 63.3 Å². The van der Waals surface area contributed by atoms with Crippen molar-refractivity contribution in [1.29, 1.82) is 0 Å². The van der Waals surface area contributed by atoms with Gasteiger partial charge in [0.2, 0.25) is 17.7 Å². The highest BCUT2D eigenvalue weighted by Gasteiger charge is 2.46. The first-order valence-electron chi connectivity index (χ1n) is 14.6. The Bertz CT molecular complexity index is 1280. The van der Waals surface area contributed by atoms with Crippen LogP contribution in [-0.2, 0) is 25.5 Å². The van der Waals surface area contributed by atoms with Crippen LogP contribution in [0.2, 0.25) is 5.02 Å². The summed E-state index contributed by atoms with van der Waals surface area (Å²) < 4.78 is 11.9. The van der Waals surface area contributed by atoms with Crippen LogP contribution in [0.5, 0.6) is 5.75 Å². The third kappa shape index (κ3) is 8.12. The van der Waals surface area contributed by atoms with Crippen LogP contribution in [0.3, 0.4) is 0 Å². The quantitative estimate of drug-likeness (QED) is 0.430. The minimum absolute atomic E-state index is 0.0122. The molecule has 226 valence electrons. The molecule has 1 saturated heterocycles. The van der Waals surface area contributed by atoms with Crippen LogP contribution >= 0.6 is 11.6 Å². The van der Waals surface area contributed by atoms with Crippen LogP contribution in [0.1, 0.15) is 44.7 Å². The lowest BCUT2D eigenvalue weighted by molar-refractivity contribution is -0.137. The molecule has 0 bridgehead atoms. The summed E-state index contributed by atoms with van der Waals surface area (Å²) >= 11 is 6.20. The van der Waals surface area contributed by atoms with Crippen molar-refractivity contribution in [2.75, 3.05) is 26.3 Å². The largest absolute Gasteiger partial charge is 0.489 e. The predicted molar refractivity (Wildman–Crippen MR) is 163 cm³/mol. The summed E-state index contributed by atoms with van der Waals surface area (Å²) in [6.07, 6.45) is 4.77. The van der Waals surface area contributed by atoms with Crippen LogP contribution in [0, 0.1) is 5.92 Å². The Hall–Kier alpha value is -3.40. The summed E-state index contributed by atoms with van der Waals surface area (Å²) in [4.78, 5) is 41.0. The highest BCUT2D eigenvalue weighted by atomic mass is 35.5. The van der Waals surface area contributed by atoms with Crippen molar-refractivity contribution < 1.29 is 23.9 Å². The molecule has 9 nitrogen and oxygen atoms in total. The molecule has 3 amide bonds. The fourth-order valence-electron chi connectivity index (χ4n) is 5.15. The smallest absolute Gasteiger partial charge is 0.248 e. The van der Waals surface area contributed by atoms with E-state index >= 15 is 0 Å². The monoisotopic (exact) mass is 596 g/mol. The second kappa shape index (κ2) is 14.7. The summed E-state index contributed by atoms with van der Waals surface area (Å²) in [5, 5.41) is 12.7. The first-order chi connectivity index (χ1) is 20.2. The minimum Gasteiger partial charge on any atom is -0.489 e. The van der Waals surface area contributed by atoms with Gasteiger partial charge in [-0.05, 0) is 36.6 Å². The van der Waals surface area contributed by atoms with Gasteiger partial charge in [-0.25, -0.2) is 0 Å². The molecule has 5 atom stereocenters. The molecule has 2 aliphatic rings. The predicted octanol–water partition coefficient (Wildman–Crippen LogP) is 3.26. The molecule has 0 radical (unpaired) electrons. The Morgan fingerprint density at radius 2 is 1.90 bits per heavy atom. The summed E-state index contributed by atoms with van der Waals surface area (Å²) in [7, 11) is 0. The topological polar surface area (TPSA) is 118 Å². The van der Waals surface area contributed by atoms with Gasteiger partial charge in [0, 0.05) is 43.1 Å². The van der Waals surface area contributed by atoms with E-state index in [0.29, 0.717) is 30.3 Å². The minimum atomic E-state index is -1.30. The highest BCUT2D eigenvalue weighted by molar-refractivity contribution is 6.30. The number of fused-ring (bicyclic) bond motifs is 1. The van der Waals surface area contributed by atoms with Gasteiger partial charge in [0.15, 0.2) is 0 Å². The lowest BCUT2D eigenvalue weighted by Gasteiger charge is -2.33. The standard InChI is InChI=1S/C32H41ClN4O5/c1-4-21(2)28-30(39)37-32(14-16-41-20-32)31(40)36-26(18-23-9-7-12-25(33)17-23)29(38)34-15-8-11-24-10-5-6-13-27(24)42-22(3)19-35-28/h5-13,17,21-22,26,28,35H,4,14-16,18-20H2,1-3H3,(H,34,38)(H,36,40)(H,37,39)/b11-8-/t21-,22-,26-,28-,32?/m0/s1. The number of hydrogen-bond acceptors (Lipinski definition) is 6. The van der Waals surface area contributed by atoms with Gasteiger partial charge in [0.05, 0.1) is 12.6 Å². The first kappa shape index (κ1) is 31.5. The molecule has 2 heterocycles. The fraction of sp³-hybridized carbons (Fsp3) is 0.469. The summed E-state index contributed by atoms with van der Waals surface area (Å²) in [5.41, 5.74) is 0.356. The van der Waals surface area contributed by atoms with Gasteiger partial charge >= 0.3 is 0 Å². The van der Waals surface area contributed by atoms with Crippen molar-refractivity contribution in [3.63, 3.8) is 0 Å². The highest BCUT2D eigenvalue weighted by Crippen LogP contribution is 2.23. The molecule has 1 spiro atoms. The Morgan fingerprint density at radius 3 is 2.64 bits per heavy atom. The molecule has 1 fully saturated rings. The average Bonchev–Trinajstić information content (AvgIpc) is 3.44. The number of carbonyl (C=O) groups excluding carboxylic acids is 3. The van der Waals surface area contributed by atoms with Gasteiger partial charge in [-0.1, -0.05) is 74.4 Å². The third-order valence-corrected chi connectivity index (χ3v) is 8.06. The van der Waals surface area contributed by atoms with E-state index in [0.717, 1.165) is 17.5 Å². The van der Waals surface area contributed by atoms with Crippen LogP contribution in [0.25, 0.3) is 6.08 Å². The van der Waals surface area contributed by atoms with Crippen molar-refractivity contribution in [1.82, 2.24) is 21.3 Å². The summed E-state index contributed by atoms with van der Waals surface area (Å²) in [6, 6.07) is 13.4. The van der Waals surface area contributed by atoms with Crippen molar-refractivity contribution in [2.24, 2.45) is 5.92 Å². The van der Waals surface area contributed by atoms with Crippen LogP contribution in [-0.4, -0.2) is 67.8 Å². The molecule has 2 aromatic rings. The molecule has 1 unspecified atom stereocenters. The van der Waals surface area contributed by atoms with Crippen molar-refractivity contribution in [2.45, 2.75) is 63.8 Å². The van der Waals surface area contributed by atoms with E-state index in [2.05, 4.69) is 21.3 Å². The molecule has 2 aromatic carbocycles. The van der Waals surface area contributed by atoms with Crippen molar-refractivity contribution >= 4 is 35.4 Å². The maximum atomic E-state index is 13.9. The van der Waals surface area contributed by atoms with E-state index in [1.54, 1.807) is 18.2 Å². The number of halogens is 1. The average molecular weight is 597 g/mol. The number of hydrogen-bond donors (Lipinski definition) is 4. The number of rotatable bonds is 4. The Labute approximate surface area is 252 Å². The zero-order valence-electron chi connectivity index (χ0n) is 24.5. The van der Waals surface area contributed by atoms with Crippen LogP contribution in [0.15, 0.2) is 54.6 Å². The first-order valence-corrected chi connectivity index (χ1v) is 15.0. The second-order valence-corrected chi connectivity index (χ2v) is 11.6. The molecule has 2 aliphatic heterocycles. The zero-order chi connectivity index (χ0) is 30.1. The molecule has 42 heavy (non-hydrogen) atoms. The SMILES string of the molecule is CC[C@H](C)[C@@H]1NC[C@H](C)Oc2ccccc2/C=C\CNC(=O)[C@H](Cc2cccc(Cl)c2)NC(=O)C2(CCOC2)NC1=O. The number of benzene rings is 2. The molecular formula is C32H41ClN4O5. The van der Waals surface area contributed by atoms with Crippen molar-refractivity contribution in [3.8, 4) is 5.75 Å². The maximum Gasteiger partial charge on any atom is 0.248 e. The Balaban J connectivity index is 1.67. The number of nitrogens with one attached hydrogen (secondary N) is 4. The van der Waals surface area contributed by atoms with E-state index in [1.165, 1.54) is 0 Å². The van der Waals surface area contributed by atoms with Crippen LogP contribution < -0.4 is 26.0 Å². The summed E-state index contributed by atoms with van der Waals surface area (Å²) in [5.74, 6) is -0.417. The zero-order valence-corrected chi connectivity index (χ0v) is 25.2. The van der Waals surface area contributed by atoms with E-state index < -0.39 is 23.5 Å². The van der Waals surface area contributed by atoms with E-state index in [-0.39, 0.29) is 43.4 Å². The molecule has 0 aromatic heterocycles. The van der Waals surface area contributed by atoms with Crippen molar-refractivity contribution in [3.05, 3.63) is 70.8 Å². The fourth-order valence-corrected chi connectivity index (χ4v) is 5.36. The molecular weight excluding hydrogens is 556 g/mol. The lowest BCUT2D eigenvalue weighted by Crippen LogP contribution is -2.65. The lowest BCUT2D eigenvalue weighted by atomic mass is 9.92. The molecule has 0 saturated carbocycles.